The fraction of sp³-hybridized carbons (Fsp3) is 0.462. The van der Waals surface area contributed by atoms with Crippen molar-refractivity contribution in [3.05, 3.63) is 29.8 Å². The Hall–Kier alpha value is -1.51. The van der Waals surface area contributed by atoms with Gasteiger partial charge in [0.15, 0.2) is 0 Å². The van der Waals surface area contributed by atoms with Crippen LogP contribution >= 0.6 is 0 Å². The van der Waals surface area contributed by atoms with Crippen molar-refractivity contribution >= 4 is 5.91 Å². The van der Waals surface area contributed by atoms with Gasteiger partial charge in [-0.25, -0.2) is 0 Å². The van der Waals surface area contributed by atoms with Crippen LogP contribution in [0.3, 0.4) is 0 Å². The molecule has 0 bridgehead atoms. The van der Waals surface area contributed by atoms with Crippen molar-refractivity contribution in [1.82, 2.24) is 4.90 Å². The van der Waals surface area contributed by atoms with Crippen molar-refractivity contribution < 1.29 is 9.53 Å². The van der Waals surface area contributed by atoms with E-state index >= 15 is 0 Å². The zero-order valence-corrected chi connectivity index (χ0v) is 9.77. The highest BCUT2D eigenvalue weighted by Gasteiger charge is 2.25. The molecule has 1 fully saturated rings. The molecule has 1 aromatic carbocycles. The van der Waals surface area contributed by atoms with E-state index in [0.717, 1.165) is 24.3 Å². The molecule has 1 saturated heterocycles. The highest BCUT2D eigenvalue weighted by atomic mass is 16.5. The first-order valence-corrected chi connectivity index (χ1v) is 5.66. The number of amides is 1. The molecule has 0 aliphatic carbocycles. The van der Waals surface area contributed by atoms with E-state index in [4.69, 9.17) is 4.74 Å². The SMILES string of the molecule is COc1ccc(C(C)N2CCCC2=O)cc1. The predicted octanol–water partition coefficient (Wildman–Crippen LogP) is 2.38. The van der Waals surface area contributed by atoms with Crippen LogP contribution < -0.4 is 4.74 Å². The van der Waals surface area contributed by atoms with Crippen LogP contribution in [0.2, 0.25) is 0 Å². The van der Waals surface area contributed by atoms with Gasteiger partial charge >= 0.3 is 0 Å². The third-order valence-electron chi connectivity index (χ3n) is 3.18. The molecule has 1 aromatic rings. The largest absolute Gasteiger partial charge is 0.497 e. The van der Waals surface area contributed by atoms with E-state index in [9.17, 15) is 4.79 Å². The number of carbonyl (C=O) groups is 1. The van der Waals surface area contributed by atoms with Gasteiger partial charge in [0.1, 0.15) is 5.75 Å². The summed E-state index contributed by atoms with van der Waals surface area (Å²) in [4.78, 5) is 13.6. The van der Waals surface area contributed by atoms with E-state index in [1.807, 2.05) is 29.2 Å². The fourth-order valence-corrected chi connectivity index (χ4v) is 2.14. The Labute approximate surface area is 96.0 Å². The maximum Gasteiger partial charge on any atom is 0.223 e. The summed E-state index contributed by atoms with van der Waals surface area (Å²) in [6, 6.07) is 8.09. The van der Waals surface area contributed by atoms with Gasteiger partial charge in [0.25, 0.3) is 0 Å². The number of likely N-dealkylation sites (tertiary alicyclic amines) is 1. The Morgan fingerprint density at radius 3 is 2.50 bits per heavy atom. The summed E-state index contributed by atoms with van der Waals surface area (Å²) < 4.78 is 5.11. The van der Waals surface area contributed by atoms with E-state index in [-0.39, 0.29) is 11.9 Å². The molecule has 86 valence electrons. The molecule has 16 heavy (non-hydrogen) atoms. The van der Waals surface area contributed by atoms with Crippen molar-refractivity contribution in [1.29, 1.82) is 0 Å². The number of hydrogen-bond acceptors (Lipinski definition) is 2. The van der Waals surface area contributed by atoms with Crippen LogP contribution in [-0.4, -0.2) is 24.5 Å². The van der Waals surface area contributed by atoms with Gasteiger partial charge in [0.05, 0.1) is 13.2 Å². The van der Waals surface area contributed by atoms with Crippen molar-refractivity contribution in [2.75, 3.05) is 13.7 Å². The first-order valence-electron chi connectivity index (χ1n) is 5.66. The number of nitrogens with zero attached hydrogens (tertiary/aromatic N) is 1. The summed E-state index contributed by atoms with van der Waals surface area (Å²) in [5.74, 6) is 1.12. The Morgan fingerprint density at radius 2 is 2.00 bits per heavy atom. The van der Waals surface area contributed by atoms with Gasteiger partial charge in [0.2, 0.25) is 5.91 Å². The third-order valence-corrected chi connectivity index (χ3v) is 3.18. The average molecular weight is 219 g/mol. The smallest absolute Gasteiger partial charge is 0.223 e. The normalized spacial score (nSPS) is 17.6. The number of methoxy groups -OCH3 is 1. The summed E-state index contributed by atoms with van der Waals surface area (Å²) in [7, 11) is 1.66. The zero-order valence-electron chi connectivity index (χ0n) is 9.77. The lowest BCUT2D eigenvalue weighted by atomic mass is 10.1. The molecule has 0 radical (unpaired) electrons. The molecule has 1 heterocycles. The minimum absolute atomic E-state index is 0.168. The molecule has 3 nitrogen and oxygen atoms in total. The molecule has 1 unspecified atom stereocenters. The van der Waals surface area contributed by atoms with Crippen LogP contribution in [0, 0.1) is 0 Å². The highest BCUT2D eigenvalue weighted by Crippen LogP contribution is 2.26. The highest BCUT2D eigenvalue weighted by molar-refractivity contribution is 5.78. The average Bonchev–Trinajstić information content (AvgIpc) is 2.75. The quantitative estimate of drug-likeness (QED) is 0.781. The molecule has 3 heteroatoms. The number of hydrogen-bond donors (Lipinski definition) is 0. The molecule has 0 saturated carbocycles. The third kappa shape index (κ3) is 2.03. The first kappa shape index (κ1) is 11.0. The number of rotatable bonds is 3. The van der Waals surface area contributed by atoms with Crippen molar-refractivity contribution in [2.24, 2.45) is 0 Å². The lowest BCUT2D eigenvalue weighted by Crippen LogP contribution is -2.27. The fourth-order valence-electron chi connectivity index (χ4n) is 2.14. The molecule has 0 spiro atoms. The van der Waals surface area contributed by atoms with Gasteiger partial charge in [-0.1, -0.05) is 12.1 Å². The monoisotopic (exact) mass is 219 g/mol. The van der Waals surface area contributed by atoms with Gasteiger partial charge in [-0.15, -0.1) is 0 Å². The topological polar surface area (TPSA) is 29.5 Å². The molecule has 1 atom stereocenters. The van der Waals surface area contributed by atoms with Crippen molar-refractivity contribution in [3.63, 3.8) is 0 Å². The van der Waals surface area contributed by atoms with E-state index in [1.165, 1.54) is 0 Å². The van der Waals surface area contributed by atoms with Gasteiger partial charge in [0, 0.05) is 13.0 Å². The van der Waals surface area contributed by atoms with E-state index < -0.39 is 0 Å². The maximum absolute atomic E-state index is 11.6. The summed E-state index contributed by atoms with van der Waals surface area (Å²) in [6.07, 6.45) is 1.68. The van der Waals surface area contributed by atoms with Gasteiger partial charge in [-0.05, 0) is 31.0 Å². The summed E-state index contributed by atoms with van der Waals surface area (Å²) in [6.45, 7) is 2.96. The molecule has 1 aliphatic heterocycles. The molecule has 1 amide bonds. The molecule has 0 aromatic heterocycles. The maximum atomic E-state index is 11.6. The van der Waals surface area contributed by atoms with E-state index in [0.29, 0.717) is 6.42 Å². The van der Waals surface area contributed by atoms with Crippen LogP contribution in [0.1, 0.15) is 31.4 Å². The van der Waals surface area contributed by atoms with Crippen LogP contribution in [0.25, 0.3) is 0 Å². The lowest BCUT2D eigenvalue weighted by molar-refractivity contribution is -0.129. The van der Waals surface area contributed by atoms with Gasteiger partial charge < -0.3 is 9.64 Å². The summed E-state index contributed by atoms with van der Waals surface area (Å²) in [5, 5.41) is 0. The Morgan fingerprint density at radius 1 is 1.31 bits per heavy atom. The second kappa shape index (κ2) is 4.56. The second-order valence-electron chi connectivity index (χ2n) is 4.14. The molecule has 0 N–H and O–H groups in total. The molecule has 2 rings (SSSR count). The standard InChI is InChI=1S/C13H17NO2/c1-10(14-9-3-4-13(14)15)11-5-7-12(16-2)8-6-11/h5-8,10H,3-4,9H2,1-2H3. The Balaban J connectivity index is 2.13. The molecule has 1 aliphatic rings. The minimum Gasteiger partial charge on any atom is -0.497 e. The molecular formula is C13H17NO2. The number of carbonyl (C=O) groups excluding carboxylic acids is 1. The summed E-state index contributed by atoms with van der Waals surface area (Å²) in [5.41, 5.74) is 1.16. The van der Waals surface area contributed by atoms with Crippen LogP contribution in [0.5, 0.6) is 5.75 Å². The van der Waals surface area contributed by atoms with E-state index in [2.05, 4.69) is 6.92 Å². The van der Waals surface area contributed by atoms with Gasteiger partial charge in [-0.2, -0.15) is 0 Å². The van der Waals surface area contributed by atoms with Crippen LogP contribution in [0.15, 0.2) is 24.3 Å². The van der Waals surface area contributed by atoms with Crippen molar-refractivity contribution in [2.45, 2.75) is 25.8 Å². The minimum atomic E-state index is 0.168. The number of ether oxygens (including phenoxy) is 1. The lowest BCUT2D eigenvalue weighted by Gasteiger charge is -2.24. The molecular weight excluding hydrogens is 202 g/mol. The zero-order chi connectivity index (χ0) is 11.5. The summed E-state index contributed by atoms with van der Waals surface area (Å²) >= 11 is 0. The van der Waals surface area contributed by atoms with Gasteiger partial charge in [-0.3, -0.25) is 4.79 Å². The van der Waals surface area contributed by atoms with Crippen LogP contribution in [-0.2, 0) is 4.79 Å². The Kier molecular flexibility index (Phi) is 3.13. The predicted molar refractivity (Wildman–Crippen MR) is 62.4 cm³/mol. The Bertz CT molecular complexity index is 372. The first-order chi connectivity index (χ1) is 7.72. The second-order valence-corrected chi connectivity index (χ2v) is 4.14. The van der Waals surface area contributed by atoms with Crippen molar-refractivity contribution in [3.8, 4) is 5.75 Å². The number of benzene rings is 1. The van der Waals surface area contributed by atoms with Crippen LogP contribution in [0.4, 0.5) is 0 Å². The van der Waals surface area contributed by atoms with E-state index in [1.54, 1.807) is 7.11 Å².